The first-order chi connectivity index (χ1) is 9.17. The number of hydrogen-bond acceptors (Lipinski definition) is 4. The van der Waals surface area contributed by atoms with Gasteiger partial charge in [-0.1, -0.05) is 0 Å². The Kier molecular flexibility index (Phi) is 2.45. The Labute approximate surface area is 108 Å². The zero-order chi connectivity index (χ0) is 13.4. The number of imidazole rings is 1. The van der Waals surface area contributed by atoms with E-state index in [9.17, 15) is 4.79 Å². The van der Waals surface area contributed by atoms with Gasteiger partial charge in [0.25, 0.3) is 0 Å². The summed E-state index contributed by atoms with van der Waals surface area (Å²) in [5.41, 5.74) is 7.13. The second-order valence-electron chi connectivity index (χ2n) is 3.87. The fourth-order valence-corrected chi connectivity index (χ4v) is 1.74. The number of hydrogen-bond donors (Lipinski definition) is 2. The lowest BCUT2D eigenvalue weighted by Crippen LogP contribution is -2.19. The summed E-state index contributed by atoms with van der Waals surface area (Å²) >= 11 is 0. The van der Waals surface area contributed by atoms with E-state index >= 15 is 0 Å². The summed E-state index contributed by atoms with van der Waals surface area (Å²) in [4.78, 5) is 18.4. The third-order valence-electron chi connectivity index (χ3n) is 2.67. The number of aromatic nitrogens is 4. The van der Waals surface area contributed by atoms with Gasteiger partial charge in [0.2, 0.25) is 0 Å². The first kappa shape index (κ1) is 11.3. The van der Waals surface area contributed by atoms with Crippen LogP contribution in [0.15, 0.2) is 24.4 Å². The number of H-pyrrole nitrogens is 1. The van der Waals surface area contributed by atoms with Crippen LogP contribution in [0.5, 0.6) is 5.75 Å². The topological polar surface area (TPSA) is 98.8 Å². The van der Waals surface area contributed by atoms with E-state index in [-0.39, 0.29) is 0 Å². The van der Waals surface area contributed by atoms with E-state index in [0.717, 1.165) is 21.5 Å². The Bertz CT molecular complexity index is 758. The van der Waals surface area contributed by atoms with Crippen LogP contribution in [0.3, 0.4) is 0 Å². The molecule has 2 heterocycles. The Morgan fingerprint density at radius 1 is 1.53 bits per heavy atom. The molecule has 0 aliphatic rings. The maximum absolute atomic E-state index is 11.0. The van der Waals surface area contributed by atoms with Crippen molar-refractivity contribution >= 4 is 17.1 Å². The fourth-order valence-electron chi connectivity index (χ4n) is 1.74. The quantitative estimate of drug-likeness (QED) is 0.718. The largest absolute Gasteiger partial charge is 0.497 e. The van der Waals surface area contributed by atoms with Gasteiger partial charge in [0.1, 0.15) is 11.4 Å². The number of nitrogens with zero attached hydrogens (tertiary/aromatic N) is 3. The molecule has 1 radical (unpaired) electrons. The number of carbonyl (C=O) groups excluding carboxylic acids is 1. The van der Waals surface area contributed by atoms with Crippen molar-refractivity contribution in [2.75, 3.05) is 7.11 Å². The summed E-state index contributed by atoms with van der Waals surface area (Å²) in [5.74, 6) is 1.24. The molecule has 0 bridgehead atoms. The van der Waals surface area contributed by atoms with Crippen molar-refractivity contribution in [2.45, 2.75) is 0 Å². The molecule has 0 fully saturated rings. The van der Waals surface area contributed by atoms with Gasteiger partial charge in [-0.05, 0) is 12.1 Å². The van der Waals surface area contributed by atoms with Crippen LogP contribution in [-0.4, -0.2) is 32.9 Å². The van der Waals surface area contributed by atoms with Crippen molar-refractivity contribution in [1.29, 1.82) is 0 Å². The predicted molar refractivity (Wildman–Crippen MR) is 67.7 cm³/mol. The molecule has 7 heteroatoms. The molecule has 19 heavy (non-hydrogen) atoms. The van der Waals surface area contributed by atoms with Crippen molar-refractivity contribution < 1.29 is 9.53 Å². The normalized spacial score (nSPS) is 10.8. The second-order valence-corrected chi connectivity index (χ2v) is 3.87. The number of nitrogens with two attached hydrogens (primary N) is 1. The molecule has 95 valence electrons. The van der Waals surface area contributed by atoms with E-state index in [1.165, 1.54) is 6.20 Å². The van der Waals surface area contributed by atoms with E-state index in [1.54, 1.807) is 13.2 Å². The van der Waals surface area contributed by atoms with Crippen molar-refractivity contribution in [3.8, 4) is 17.3 Å². The SMILES string of the molecule is COc1ccc2[nH]c(-c3[c]cn(C(N)=O)n3)nc2c1. The van der Waals surface area contributed by atoms with Crippen LogP contribution in [-0.2, 0) is 0 Å². The first-order valence-electron chi connectivity index (χ1n) is 5.48. The van der Waals surface area contributed by atoms with Gasteiger partial charge in [0, 0.05) is 18.3 Å². The summed E-state index contributed by atoms with van der Waals surface area (Å²) in [5, 5.41) is 3.98. The highest BCUT2D eigenvalue weighted by atomic mass is 16.5. The number of ether oxygens (including phenoxy) is 1. The van der Waals surface area contributed by atoms with Crippen molar-refractivity contribution in [1.82, 2.24) is 19.7 Å². The number of amides is 1. The van der Waals surface area contributed by atoms with Gasteiger partial charge in [-0.15, -0.1) is 0 Å². The average molecular weight is 256 g/mol. The highest BCUT2D eigenvalue weighted by Crippen LogP contribution is 2.22. The van der Waals surface area contributed by atoms with Crippen molar-refractivity contribution in [2.24, 2.45) is 5.73 Å². The lowest BCUT2D eigenvalue weighted by molar-refractivity contribution is 0.248. The van der Waals surface area contributed by atoms with E-state index in [0.29, 0.717) is 11.5 Å². The van der Waals surface area contributed by atoms with E-state index < -0.39 is 6.03 Å². The average Bonchev–Trinajstić information content (AvgIpc) is 3.04. The van der Waals surface area contributed by atoms with Gasteiger partial charge >= 0.3 is 6.03 Å². The maximum Gasteiger partial charge on any atom is 0.339 e. The molecular formula is C12H10N5O2. The minimum Gasteiger partial charge on any atom is -0.497 e. The number of carbonyl (C=O) groups is 1. The van der Waals surface area contributed by atoms with Gasteiger partial charge in [-0.3, -0.25) is 0 Å². The molecule has 3 aromatic rings. The van der Waals surface area contributed by atoms with Crippen LogP contribution in [0.2, 0.25) is 0 Å². The number of rotatable bonds is 2. The lowest BCUT2D eigenvalue weighted by atomic mass is 10.3. The number of nitrogens with one attached hydrogen (secondary N) is 1. The number of benzene rings is 1. The van der Waals surface area contributed by atoms with Crippen LogP contribution in [0.4, 0.5) is 4.79 Å². The smallest absolute Gasteiger partial charge is 0.339 e. The number of aromatic amines is 1. The highest BCUT2D eigenvalue weighted by Gasteiger charge is 2.10. The molecule has 1 amide bonds. The number of fused-ring (bicyclic) bond motifs is 1. The molecule has 7 nitrogen and oxygen atoms in total. The van der Waals surface area contributed by atoms with Crippen LogP contribution >= 0.6 is 0 Å². The van der Waals surface area contributed by atoms with Crippen molar-refractivity contribution in [3.63, 3.8) is 0 Å². The maximum atomic E-state index is 11.0. The van der Waals surface area contributed by atoms with Gasteiger partial charge < -0.3 is 15.5 Å². The zero-order valence-corrected chi connectivity index (χ0v) is 10.0. The van der Waals surface area contributed by atoms with Crippen LogP contribution < -0.4 is 10.5 Å². The summed E-state index contributed by atoms with van der Waals surface area (Å²) in [7, 11) is 1.59. The Balaban J connectivity index is 2.06. The molecule has 1 aromatic carbocycles. The van der Waals surface area contributed by atoms with E-state index in [4.69, 9.17) is 10.5 Å². The second kappa shape index (κ2) is 4.13. The molecular weight excluding hydrogens is 246 g/mol. The fraction of sp³-hybridized carbons (Fsp3) is 0.0833. The molecule has 3 N–H and O–H groups in total. The Morgan fingerprint density at radius 3 is 3.05 bits per heavy atom. The van der Waals surface area contributed by atoms with Crippen LogP contribution in [0, 0.1) is 6.07 Å². The molecule has 0 unspecified atom stereocenters. The number of methoxy groups -OCH3 is 1. The molecule has 0 spiro atoms. The van der Waals surface area contributed by atoms with E-state index in [1.807, 2.05) is 12.1 Å². The van der Waals surface area contributed by atoms with Gasteiger partial charge in [-0.2, -0.15) is 9.78 Å². The predicted octanol–water partition coefficient (Wildman–Crippen LogP) is 1.16. The molecule has 2 aromatic heterocycles. The standard InChI is InChI=1S/C12H10N5O2/c1-19-7-2-3-8-10(6-7)15-11(14-8)9-4-5-17(16-9)12(13)18/h2-3,5-6H,1H3,(H2,13,18)(H,14,15). The van der Waals surface area contributed by atoms with Gasteiger partial charge in [0.05, 0.1) is 18.1 Å². The van der Waals surface area contributed by atoms with Gasteiger partial charge in [0.15, 0.2) is 5.82 Å². The summed E-state index contributed by atoms with van der Waals surface area (Å²) in [6.07, 6.45) is 1.37. The number of primary amides is 1. The third-order valence-corrected chi connectivity index (χ3v) is 2.67. The van der Waals surface area contributed by atoms with E-state index in [2.05, 4.69) is 21.1 Å². The monoisotopic (exact) mass is 256 g/mol. The molecule has 3 rings (SSSR count). The molecule has 0 saturated heterocycles. The molecule has 0 atom stereocenters. The molecule has 0 aliphatic carbocycles. The molecule has 0 saturated carbocycles. The van der Waals surface area contributed by atoms with Gasteiger partial charge in [-0.25, -0.2) is 9.78 Å². The van der Waals surface area contributed by atoms with Crippen LogP contribution in [0.1, 0.15) is 0 Å². The summed E-state index contributed by atoms with van der Waals surface area (Å²) in [6, 6.07) is 7.64. The van der Waals surface area contributed by atoms with Crippen LogP contribution in [0.25, 0.3) is 22.6 Å². The highest BCUT2D eigenvalue weighted by molar-refractivity contribution is 5.80. The summed E-state index contributed by atoms with van der Waals surface area (Å²) in [6.45, 7) is 0. The molecule has 0 aliphatic heterocycles. The minimum absolute atomic E-state index is 0.425. The van der Waals surface area contributed by atoms with Crippen molar-refractivity contribution in [3.05, 3.63) is 30.5 Å². The Hall–Kier alpha value is -2.83. The first-order valence-corrected chi connectivity index (χ1v) is 5.48. The third kappa shape index (κ3) is 1.90. The lowest BCUT2D eigenvalue weighted by Gasteiger charge is -1.96. The zero-order valence-electron chi connectivity index (χ0n) is 10.0. The minimum atomic E-state index is -0.666. The Morgan fingerprint density at radius 2 is 2.37 bits per heavy atom. The summed E-state index contributed by atoms with van der Waals surface area (Å²) < 4.78 is 6.13.